The molecule has 33 heavy (non-hydrogen) atoms. The topological polar surface area (TPSA) is 78.8 Å². The molecular weight excluding hydrogens is 458 g/mol. The van der Waals surface area contributed by atoms with Gasteiger partial charge in [0, 0.05) is 10.6 Å². The smallest absolute Gasteiger partial charge is 0.260 e. The molecule has 0 saturated carbocycles. The van der Waals surface area contributed by atoms with E-state index in [9.17, 15) is 13.2 Å². The van der Waals surface area contributed by atoms with Gasteiger partial charge < -0.3 is 0 Å². The first-order valence-corrected chi connectivity index (χ1v) is 12.4. The summed E-state index contributed by atoms with van der Waals surface area (Å²) in [6.45, 7) is 1.28. The lowest BCUT2D eigenvalue weighted by Gasteiger charge is -2.23. The second-order valence-electron chi connectivity index (χ2n) is 7.68. The Morgan fingerprint density at radius 2 is 1.61 bits per heavy atom. The van der Waals surface area contributed by atoms with Crippen molar-refractivity contribution in [2.45, 2.75) is 6.92 Å². The molecule has 0 aliphatic heterocycles. The minimum atomic E-state index is -3.73. The zero-order chi connectivity index (χ0) is 23.6. The molecule has 4 rings (SSSR count). The Kier molecular flexibility index (Phi) is 6.35. The van der Waals surface area contributed by atoms with Crippen LogP contribution in [0.1, 0.15) is 11.1 Å². The van der Waals surface area contributed by atoms with Crippen molar-refractivity contribution < 1.29 is 13.2 Å². The number of rotatable bonds is 6. The van der Waals surface area contributed by atoms with E-state index in [-0.39, 0.29) is 0 Å². The van der Waals surface area contributed by atoms with Crippen LogP contribution in [0, 0.1) is 6.92 Å². The number of hydrazone groups is 1. The lowest BCUT2D eigenvalue weighted by Crippen LogP contribution is -2.39. The van der Waals surface area contributed by atoms with Crippen LogP contribution >= 0.6 is 11.6 Å². The quantitative estimate of drug-likeness (QED) is 0.243. The van der Waals surface area contributed by atoms with E-state index in [1.54, 1.807) is 31.3 Å². The third-order valence-corrected chi connectivity index (χ3v) is 6.93. The largest absolute Gasteiger partial charge is 0.271 e. The zero-order valence-electron chi connectivity index (χ0n) is 18.1. The number of carbonyl (C=O) groups is 1. The van der Waals surface area contributed by atoms with Crippen LogP contribution in [0.4, 0.5) is 5.69 Å². The molecule has 1 amide bonds. The second kappa shape index (κ2) is 9.21. The average Bonchev–Trinajstić information content (AvgIpc) is 2.78. The highest BCUT2D eigenvalue weighted by Crippen LogP contribution is 2.28. The molecule has 0 aliphatic rings. The van der Waals surface area contributed by atoms with Crippen LogP contribution in [0.3, 0.4) is 0 Å². The molecule has 0 atom stereocenters. The van der Waals surface area contributed by atoms with Gasteiger partial charge in [0.1, 0.15) is 6.54 Å². The number of nitrogens with one attached hydrogen (secondary N) is 1. The molecule has 0 heterocycles. The Bertz CT molecular complexity index is 1450. The van der Waals surface area contributed by atoms with Gasteiger partial charge in [0.05, 0.1) is 18.2 Å². The van der Waals surface area contributed by atoms with Crippen LogP contribution in [-0.2, 0) is 14.8 Å². The van der Waals surface area contributed by atoms with Crippen LogP contribution in [0.5, 0.6) is 0 Å². The van der Waals surface area contributed by atoms with Gasteiger partial charge in [0.25, 0.3) is 5.91 Å². The molecule has 4 aromatic rings. The van der Waals surface area contributed by atoms with Crippen molar-refractivity contribution in [3.8, 4) is 0 Å². The van der Waals surface area contributed by atoms with Crippen LogP contribution < -0.4 is 9.73 Å². The Morgan fingerprint density at radius 3 is 2.21 bits per heavy atom. The average molecular weight is 480 g/mol. The fraction of sp³-hybridized carbons (Fsp3) is 0.120. The van der Waals surface area contributed by atoms with Gasteiger partial charge in [-0.3, -0.25) is 9.10 Å². The molecule has 1 N–H and O–H groups in total. The fourth-order valence-corrected chi connectivity index (χ4v) is 4.85. The van der Waals surface area contributed by atoms with Gasteiger partial charge in [-0.2, -0.15) is 5.10 Å². The summed E-state index contributed by atoms with van der Waals surface area (Å²) in [7, 11) is -3.73. The predicted molar refractivity (Wildman–Crippen MR) is 136 cm³/mol. The van der Waals surface area contributed by atoms with E-state index >= 15 is 0 Å². The molecule has 0 fully saturated rings. The maximum absolute atomic E-state index is 12.6. The van der Waals surface area contributed by atoms with E-state index in [1.807, 2.05) is 48.5 Å². The molecule has 8 heteroatoms. The molecule has 0 aromatic heterocycles. The Labute approximate surface area is 197 Å². The van der Waals surface area contributed by atoms with Crippen LogP contribution in [0.15, 0.2) is 77.9 Å². The van der Waals surface area contributed by atoms with Crippen molar-refractivity contribution in [3.63, 3.8) is 0 Å². The molecule has 0 radical (unpaired) electrons. The summed E-state index contributed by atoms with van der Waals surface area (Å²) in [5.41, 5.74) is 4.25. The first-order valence-electron chi connectivity index (χ1n) is 10.2. The Hall–Kier alpha value is -3.42. The van der Waals surface area contributed by atoms with Gasteiger partial charge in [0.15, 0.2) is 0 Å². The third-order valence-electron chi connectivity index (χ3n) is 5.39. The van der Waals surface area contributed by atoms with Crippen LogP contribution in [0.25, 0.3) is 21.5 Å². The van der Waals surface area contributed by atoms with Crippen molar-refractivity contribution in [2.75, 3.05) is 17.1 Å². The highest BCUT2D eigenvalue weighted by Gasteiger charge is 2.23. The summed E-state index contributed by atoms with van der Waals surface area (Å²) in [5.74, 6) is -0.569. The van der Waals surface area contributed by atoms with E-state index in [0.717, 1.165) is 37.7 Å². The van der Waals surface area contributed by atoms with E-state index in [4.69, 9.17) is 11.6 Å². The summed E-state index contributed by atoms with van der Waals surface area (Å²) >= 11 is 6.15. The standard InChI is InChI=1S/C25H22ClN3O3S/c1-17-23(26)12-7-13-24(17)29(33(2,31)32)16-25(30)28-27-15-22-20-10-5-3-8-18(20)14-19-9-4-6-11-21(19)22/h3-15H,16H2,1-2H3,(H,28,30)/b27-15-. The summed E-state index contributed by atoms with van der Waals surface area (Å²) < 4.78 is 25.8. The Morgan fingerprint density at radius 1 is 1.00 bits per heavy atom. The van der Waals surface area contributed by atoms with E-state index in [1.165, 1.54) is 0 Å². The minimum Gasteiger partial charge on any atom is -0.271 e. The number of benzene rings is 4. The lowest BCUT2D eigenvalue weighted by molar-refractivity contribution is -0.119. The number of hydrogen-bond donors (Lipinski definition) is 1. The zero-order valence-corrected chi connectivity index (χ0v) is 19.7. The van der Waals surface area contributed by atoms with Crippen molar-refractivity contribution in [1.82, 2.24) is 5.43 Å². The van der Waals surface area contributed by atoms with Gasteiger partial charge in [-0.25, -0.2) is 13.8 Å². The number of sulfonamides is 1. The minimum absolute atomic E-state index is 0.351. The molecule has 0 aliphatic carbocycles. The van der Waals surface area contributed by atoms with Crippen molar-refractivity contribution in [2.24, 2.45) is 5.10 Å². The molecule has 0 bridgehead atoms. The SMILES string of the molecule is Cc1c(Cl)cccc1N(CC(=O)N/N=C\c1c2ccccc2cc2ccccc12)S(C)(=O)=O. The van der Waals surface area contributed by atoms with Crippen LogP contribution in [-0.4, -0.2) is 33.3 Å². The maximum Gasteiger partial charge on any atom is 0.260 e. The molecule has 6 nitrogen and oxygen atoms in total. The molecule has 0 saturated heterocycles. The summed E-state index contributed by atoms with van der Waals surface area (Å²) in [6, 6.07) is 22.9. The monoisotopic (exact) mass is 479 g/mol. The van der Waals surface area contributed by atoms with Crippen LogP contribution in [0.2, 0.25) is 5.02 Å². The summed E-state index contributed by atoms with van der Waals surface area (Å²) in [4.78, 5) is 12.6. The third kappa shape index (κ3) is 4.84. The second-order valence-corrected chi connectivity index (χ2v) is 9.99. The molecule has 0 spiro atoms. The van der Waals surface area contributed by atoms with Gasteiger partial charge in [0.2, 0.25) is 10.0 Å². The van der Waals surface area contributed by atoms with Gasteiger partial charge in [-0.1, -0.05) is 66.2 Å². The maximum atomic E-state index is 12.6. The predicted octanol–water partition coefficient (Wildman–Crippen LogP) is 4.87. The first kappa shape index (κ1) is 22.8. The molecule has 4 aromatic carbocycles. The number of fused-ring (bicyclic) bond motifs is 2. The number of halogens is 1. The summed E-state index contributed by atoms with van der Waals surface area (Å²) in [5, 5.41) is 8.68. The number of hydrogen-bond acceptors (Lipinski definition) is 4. The fourth-order valence-electron chi connectivity index (χ4n) is 3.77. The van der Waals surface area contributed by atoms with E-state index < -0.39 is 22.5 Å². The highest BCUT2D eigenvalue weighted by molar-refractivity contribution is 7.92. The number of carbonyl (C=O) groups excluding carboxylic acids is 1. The molecule has 0 unspecified atom stereocenters. The van der Waals surface area contributed by atoms with E-state index in [2.05, 4.69) is 16.6 Å². The van der Waals surface area contributed by atoms with Crippen molar-refractivity contribution in [1.29, 1.82) is 0 Å². The lowest BCUT2D eigenvalue weighted by atomic mass is 9.97. The Balaban J connectivity index is 1.61. The summed E-state index contributed by atoms with van der Waals surface area (Å²) in [6.07, 6.45) is 2.64. The molecule has 168 valence electrons. The number of amides is 1. The highest BCUT2D eigenvalue weighted by atomic mass is 35.5. The van der Waals surface area contributed by atoms with Crippen molar-refractivity contribution >= 4 is 61.0 Å². The number of nitrogens with zero attached hydrogens (tertiary/aromatic N) is 2. The normalized spacial score (nSPS) is 11.8. The first-order chi connectivity index (χ1) is 15.8. The molecular formula is C25H22ClN3O3S. The van der Waals surface area contributed by atoms with E-state index in [0.29, 0.717) is 16.3 Å². The van der Waals surface area contributed by atoms with Crippen molar-refractivity contribution in [3.05, 3.63) is 88.9 Å². The van der Waals surface area contributed by atoms with Gasteiger partial charge >= 0.3 is 0 Å². The van der Waals surface area contributed by atoms with Gasteiger partial charge in [-0.15, -0.1) is 0 Å². The van der Waals surface area contributed by atoms with Gasteiger partial charge in [-0.05, 0) is 52.2 Å². The number of anilines is 1.